The molecule has 0 saturated carbocycles. The maximum Gasteiger partial charge on any atom is 0.262 e. The molecule has 7 nitrogen and oxygen atoms in total. The van der Waals surface area contributed by atoms with Gasteiger partial charge in [0.05, 0.1) is 12.7 Å². The number of unbranched alkanes of at least 4 members (excludes halogenated alkanes) is 1. The van der Waals surface area contributed by atoms with Gasteiger partial charge in [-0.1, -0.05) is 17.7 Å². The molecule has 31 heavy (non-hydrogen) atoms. The number of fused-ring (bicyclic) bond motifs is 1. The second kappa shape index (κ2) is 9.94. The number of halogens is 1. The van der Waals surface area contributed by atoms with E-state index < -0.39 is 0 Å². The standard InChI is InChI=1S/C23H25ClN4O3/c1-30-18-5-6-20-19(15-18)23(29)28(21(24)16-31-20)12-3-2-11-27-13-7-17(8-14-27)22-25-9-4-10-26-22/h4-7,9-10,15-16H,2-3,8,11-14H2,1H3. The molecule has 2 aromatic rings. The van der Waals surface area contributed by atoms with E-state index in [4.69, 9.17) is 21.1 Å². The molecule has 0 spiro atoms. The van der Waals surface area contributed by atoms with Crippen LogP contribution in [0.25, 0.3) is 5.57 Å². The van der Waals surface area contributed by atoms with Crippen LogP contribution in [0.2, 0.25) is 0 Å². The summed E-state index contributed by atoms with van der Waals surface area (Å²) in [4.78, 5) is 25.6. The van der Waals surface area contributed by atoms with Crippen LogP contribution in [0.1, 0.15) is 35.4 Å². The third-order valence-electron chi connectivity index (χ3n) is 5.46. The molecule has 2 aliphatic heterocycles. The van der Waals surface area contributed by atoms with E-state index >= 15 is 0 Å². The zero-order valence-corrected chi connectivity index (χ0v) is 18.2. The number of ether oxygens (including phenoxy) is 2. The lowest BCUT2D eigenvalue weighted by atomic mass is 10.1. The van der Waals surface area contributed by atoms with Crippen LogP contribution in [0.4, 0.5) is 0 Å². The van der Waals surface area contributed by atoms with Gasteiger partial charge >= 0.3 is 0 Å². The molecule has 0 atom stereocenters. The predicted octanol–water partition coefficient (Wildman–Crippen LogP) is 3.93. The fourth-order valence-electron chi connectivity index (χ4n) is 3.72. The van der Waals surface area contributed by atoms with Gasteiger partial charge in [0, 0.05) is 32.0 Å². The Morgan fingerprint density at radius 1 is 1.19 bits per heavy atom. The molecule has 1 aromatic heterocycles. The van der Waals surface area contributed by atoms with Crippen molar-refractivity contribution in [2.24, 2.45) is 0 Å². The van der Waals surface area contributed by atoms with Crippen molar-refractivity contribution in [3.05, 3.63) is 65.5 Å². The Morgan fingerprint density at radius 2 is 2.00 bits per heavy atom. The molecule has 1 aromatic carbocycles. The molecule has 3 heterocycles. The van der Waals surface area contributed by atoms with Gasteiger partial charge in [-0.25, -0.2) is 9.97 Å². The number of hydrogen-bond donors (Lipinski definition) is 0. The van der Waals surface area contributed by atoms with Crippen molar-refractivity contribution in [2.75, 3.05) is 33.3 Å². The van der Waals surface area contributed by atoms with Crippen LogP contribution >= 0.6 is 11.6 Å². The third-order valence-corrected chi connectivity index (χ3v) is 5.75. The summed E-state index contributed by atoms with van der Waals surface area (Å²) in [5, 5.41) is 0.286. The number of benzene rings is 1. The first-order valence-corrected chi connectivity index (χ1v) is 10.7. The topological polar surface area (TPSA) is 67.8 Å². The number of carbonyl (C=O) groups excluding carboxylic acids is 1. The van der Waals surface area contributed by atoms with Crippen LogP contribution in [0.5, 0.6) is 11.5 Å². The highest BCUT2D eigenvalue weighted by Gasteiger charge is 2.26. The monoisotopic (exact) mass is 440 g/mol. The second-order valence-electron chi connectivity index (χ2n) is 7.44. The van der Waals surface area contributed by atoms with Crippen molar-refractivity contribution in [3.8, 4) is 11.5 Å². The first kappa shape index (κ1) is 21.3. The van der Waals surface area contributed by atoms with Crippen LogP contribution in [0, 0.1) is 0 Å². The molecule has 1 amide bonds. The minimum absolute atomic E-state index is 0.180. The number of amides is 1. The number of hydrogen-bond acceptors (Lipinski definition) is 6. The molecule has 4 rings (SSSR count). The lowest BCUT2D eigenvalue weighted by Gasteiger charge is -2.26. The van der Waals surface area contributed by atoms with Gasteiger partial charge in [-0.05, 0) is 55.6 Å². The summed E-state index contributed by atoms with van der Waals surface area (Å²) in [5.74, 6) is 1.72. The van der Waals surface area contributed by atoms with Crippen LogP contribution in [-0.2, 0) is 0 Å². The Bertz CT molecular complexity index is 994. The van der Waals surface area contributed by atoms with Gasteiger partial charge in [-0.3, -0.25) is 14.6 Å². The molecule has 0 saturated heterocycles. The van der Waals surface area contributed by atoms with Gasteiger partial charge in [0.25, 0.3) is 5.91 Å². The number of nitrogens with zero attached hydrogens (tertiary/aromatic N) is 4. The normalized spacial score (nSPS) is 16.7. The minimum atomic E-state index is -0.180. The summed E-state index contributed by atoms with van der Waals surface area (Å²) in [6.07, 6.45) is 9.92. The highest BCUT2D eigenvalue weighted by molar-refractivity contribution is 6.30. The van der Waals surface area contributed by atoms with Gasteiger partial charge in [-0.2, -0.15) is 0 Å². The Labute approximate surface area is 186 Å². The number of carbonyl (C=O) groups is 1. The van der Waals surface area contributed by atoms with Crippen molar-refractivity contribution in [3.63, 3.8) is 0 Å². The first-order valence-electron chi connectivity index (χ1n) is 10.4. The highest BCUT2D eigenvalue weighted by Crippen LogP contribution is 2.30. The van der Waals surface area contributed by atoms with Gasteiger partial charge in [-0.15, -0.1) is 0 Å². The Morgan fingerprint density at radius 3 is 2.74 bits per heavy atom. The van der Waals surface area contributed by atoms with E-state index in [9.17, 15) is 4.79 Å². The van der Waals surface area contributed by atoms with Crippen LogP contribution in [0.3, 0.4) is 0 Å². The summed E-state index contributed by atoms with van der Waals surface area (Å²) < 4.78 is 10.8. The smallest absolute Gasteiger partial charge is 0.262 e. The minimum Gasteiger partial charge on any atom is -0.497 e. The molecule has 2 aliphatic rings. The highest BCUT2D eigenvalue weighted by atomic mass is 35.5. The van der Waals surface area contributed by atoms with Gasteiger partial charge in [0.15, 0.2) is 5.82 Å². The van der Waals surface area contributed by atoms with E-state index in [1.165, 1.54) is 11.8 Å². The van der Waals surface area contributed by atoms with Gasteiger partial charge in [0.1, 0.15) is 22.9 Å². The van der Waals surface area contributed by atoms with E-state index in [1.807, 2.05) is 6.07 Å². The average Bonchev–Trinajstić information content (AvgIpc) is 2.94. The van der Waals surface area contributed by atoms with Gasteiger partial charge < -0.3 is 9.47 Å². The average molecular weight is 441 g/mol. The molecule has 0 N–H and O–H groups in total. The summed E-state index contributed by atoms with van der Waals surface area (Å²) in [5.41, 5.74) is 1.65. The zero-order valence-electron chi connectivity index (χ0n) is 17.5. The maximum absolute atomic E-state index is 13.0. The van der Waals surface area contributed by atoms with E-state index in [0.29, 0.717) is 23.6 Å². The number of rotatable bonds is 7. The lowest BCUT2D eigenvalue weighted by molar-refractivity contribution is 0.0814. The van der Waals surface area contributed by atoms with Gasteiger partial charge in [0.2, 0.25) is 0 Å². The van der Waals surface area contributed by atoms with Crippen molar-refractivity contribution >= 4 is 23.1 Å². The summed E-state index contributed by atoms with van der Waals surface area (Å²) >= 11 is 6.33. The fraction of sp³-hybridized carbons (Fsp3) is 0.348. The molecule has 162 valence electrons. The van der Waals surface area contributed by atoms with E-state index in [2.05, 4.69) is 20.9 Å². The Balaban J connectivity index is 1.29. The summed E-state index contributed by atoms with van der Waals surface area (Å²) in [7, 11) is 1.57. The Hall–Kier alpha value is -2.90. The summed E-state index contributed by atoms with van der Waals surface area (Å²) in [6.45, 7) is 3.36. The van der Waals surface area contributed by atoms with Crippen molar-refractivity contribution in [1.29, 1.82) is 0 Å². The molecule has 0 bridgehead atoms. The van der Waals surface area contributed by atoms with Crippen LogP contribution in [-0.4, -0.2) is 59.0 Å². The zero-order chi connectivity index (χ0) is 21.6. The predicted molar refractivity (Wildman–Crippen MR) is 119 cm³/mol. The van der Waals surface area contributed by atoms with Crippen LogP contribution < -0.4 is 9.47 Å². The third kappa shape index (κ3) is 5.06. The quantitative estimate of drug-likeness (QED) is 0.480. The number of aromatic nitrogens is 2. The molecular weight excluding hydrogens is 416 g/mol. The molecule has 0 unspecified atom stereocenters. The number of methoxy groups -OCH3 is 1. The van der Waals surface area contributed by atoms with E-state index in [-0.39, 0.29) is 11.1 Å². The molecular formula is C23H25ClN4O3. The maximum atomic E-state index is 13.0. The summed E-state index contributed by atoms with van der Waals surface area (Å²) in [6, 6.07) is 6.99. The van der Waals surface area contributed by atoms with E-state index in [0.717, 1.165) is 44.7 Å². The lowest BCUT2D eigenvalue weighted by Crippen LogP contribution is -2.32. The second-order valence-corrected chi connectivity index (χ2v) is 7.82. The SMILES string of the molecule is COc1ccc2c(c1)C(=O)N(CCCCN1CC=C(c3ncccn3)CC1)C(Cl)=CO2. The van der Waals surface area contributed by atoms with E-state index in [1.54, 1.807) is 42.6 Å². The first-order chi connectivity index (χ1) is 15.2. The van der Waals surface area contributed by atoms with Crippen molar-refractivity contribution in [2.45, 2.75) is 19.3 Å². The molecule has 0 radical (unpaired) electrons. The molecule has 0 fully saturated rings. The largest absolute Gasteiger partial charge is 0.497 e. The fourth-order valence-corrected chi connectivity index (χ4v) is 3.93. The van der Waals surface area contributed by atoms with Crippen molar-refractivity contribution in [1.82, 2.24) is 19.8 Å². The Kier molecular flexibility index (Phi) is 6.84. The van der Waals surface area contributed by atoms with Crippen molar-refractivity contribution < 1.29 is 14.3 Å². The molecule has 0 aliphatic carbocycles. The van der Waals surface area contributed by atoms with Crippen LogP contribution in [0.15, 0.2) is 54.2 Å². The molecule has 8 heteroatoms.